The van der Waals surface area contributed by atoms with Crippen molar-refractivity contribution in [3.05, 3.63) is 81.7 Å². The van der Waals surface area contributed by atoms with E-state index in [2.05, 4.69) is 10.3 Å². The van der Waals surface area contributed by atoms with E-state index in [4.69, 9.17) is 22.1 Å². The lowest BCUT2D eigenvalue weighted by molar-refractivity contribution is -0.137. The van der Waals surface area contributed by atoms with E-state index in [-0.39, 0.29) is 12.3 Å². The van der Waals surface area contributed by atoms with Crippen molar-refractivity contribution in [1.82, 2.24) is 0 Å². The van der Waals surface area contributed by atoms with Gasteiger partial charge in [0.25, 0.3) is 0 Å². The van der Waals surface area contributed by atoms with Gasteiger partial charge in [-0.25, -0.2) is 4.79 Å². The van der Waals surface area contributed by atoms with E-state index >= 15 is 0 Å². The van der Waals surface area contributed by atoms with Crippen LogP contribution < -0.4 is 10.6 Å². The summed E-state index contributed by atoms with van der Waals surface area (Å²) in [4.78, 5) is 26.2. The van der Waals surface area contributed by atoms with Crippen molar-refractivity contribution in [3.8, 4) is 11.1 Å². The Labute approximate surface area is 211 Å². The van der Waals surface area contributed by atoms with Gasteiger partial charge in [-0.05, 0) is 75.5 Å². The number of carboxylic acid groups (broad SMARTS) is 1. The summed E-state index contributed by atoms with van der Waals surface area (Å²) in [5, 5.41) is 13.4. The molecule has 3 aromatic carbocycles. The van der Waals surface area contributed by atoms with Gasteiger partial charge in [0.15, 0.2) is 0 Å². The van der Waals surface area contributed by atoms with E-state index in [0.717, 1.165) is 32.5 Å². The fourth-order valence-corrected chi connectivity index (χ4v) is 5.91. The molecule has 6 nitrogen and oxygen atoms in total. The lowest BCUT2D eigenvalue weighted by atomic mass is 9.93. The SMILES string of the molecule is COC(=O)c1ccc(N)cc1-c1ccc2c(c1)N(Cc1csc3ccc(Cl)cc13)CC2CC(=O)O. The maximum Gasteiger partial charge on any atom is 0.338 e. The molecule has 1 aliphatic heterocycles. The Bertz CT molecular complexity index is 1470. The highest BCUT2D eigenvalue weighted by Gasteiger charge is 2.31. The van der Waals surface area contributed by atoms with Crippen LogP contribution in [0.3, 0.4) is 0 Å². The average Bonchev–Trinajstić information content (AvgIpc) is 3.38. The predicted molar refractivity (Wildman–Crippen MR) is 141 cm³/mol. The second-order valence-electron chi connectivity index (χ2n) is 8.65. The maximum atomic E-state index is 12.4. The summed E-state index contributed by atoms with van der Waals surface area (Å²) >= 11 is 7.92. The summed E-state index contributed by atoms with van der Waals surface area (Å²) in [7, 11) is 1.35. The summed E-state index contributed by atoms with van der Waals surface area (Å²) in [6.45, 7) is 1.21. The van der Waals surface area contributed by atoms with E-state index in [0.29, 0.717) is 34.9 Å². The van der Waals surface area contributed by atoms with Crippen molar-refractivity contribution in [2.24, 2.45) is 0 Å². The lowest BCUT2D eigenvalue weighted by Crippen LogP contribution is -2.22. The molecular formula is C27H23ClN2O4S. The Morgan fingerprint density at radius 2 is 2.00 bits per heavy atom. The lowest BCUT2D eigenvalue weighted by Gasteiger charge is -2.21. The van der Waals surface area contributed by atoms with Crippen molar-refractivity contribution in [3.63, 3.8) is 0 Å². The van der Waals surface area contributed by atoms with Crippen LogP contribution in [-0.4, -0.2) is 30.7 Å². The molecule has 1 atom stereocenters. The molecule has 4 aromatic rings. The number of rotatable bonds is 6. The van der Waals surface area contributed by atoms with Crippen molar-refractivity contribution in [2.45, 2.75) is 18.9 Å². The molecule has 0 amide bonds. The number of carboxylic acids is 1. The minimum Gasteiger partial charge on any atom is -0.481 e. The number of aliphatic carboxylic acids is 1. The quantitative estimate of drug-likeness (QED) is 0.240. The summed E-state index contributed by atoms with van der Waals surface area (Å²) < 4.78 is 6.12. The number of esters is 1. The first-order valence-electron chi connectivity index (χ1n) is 11.1. The van der Waals surface area contributed by atoms with Gasteiger partial charge in [-0.1, -0.05) is 23.7 Å². The van der Waals surface area contributed by atoms with E-state index in [9.17, 15) is 14.7 Å². The largest absolute Gasteiger partial charge is 0.481 e. The fraction of sp³-hybridized carbons (Fsp3) is 0.185. The molecule has 0 aliphatic carbocycles. The number of carbonyl (C=O) groups excluding carboxylic acids is 1. The van der Waals surface area contributed by atoms with Gasteiger partial charge >= 0.3 is 11.9 Å². The molecule has 1 aliphatic rings. The maximum absolute atomic E-state index is 12.4. The van der Waals surface area contributed by atoms with Crippen LogP contribution in [0.25, 0.3) is 21.2 Å². The Kier molecular flexibility index (Phi) is 6.13. The molecule has 2 heterocycles. The van der Waals surface area contributed by atoms with Gasteiger partial charge in [0.2, 0.25) is 0 Å². The molecule has 0 radical (unpaired) electrons. The standard InChI is InChI=1S/C27H23ClN2O4S/c1-34-27(33)21-6-4-19(29)11-22(21)15-2-5-20-16(9-26(31)32)12-30(24(20)8-15)13-17-14-35-25-7-3-18(28)10-23(17)25/h2-8,10-11,14,16H,9,12-13,29H2,1H3,(H,31,32). The van der Waals surface area contributed by atoms with E-state index in [1.807, 2.05) is 36.4 Å². The Balaban J connectivity index is 1.58. The first-order chi connectivity index (χ1) is 16.8. The van der Waals surface area contributed by atoms with Crippen molar-refractivity contribution in [2.75, 3.05) is 24.3 Å². The van der Waals surface area contributed by atoms with Crippen LogP contribution in [0.4, 0.5) is 11.4 Å². The number of benzene rings is 3. The van der Waals surface area contributed by atoms with Crippen LogP contribution in [-0.2, 0) is 16.1 Å². The second kappa shape index (κ2) is 9.24. The highest BCUT2D eigenvalue weighted by atomic mass is 35.5. The summed E-state index contributed by atoms with van der Waals surface area (Å²) in [5.41, 5.74) is 11.6. The van der Waals surface area contributed by atoms with Crippen LogP contribution in [0.15, 0.2) is 60.0 Å². The topological polar surface area (TPSA) is 92.9 Å². The second-order valence-corrected chi connectivity index (χ2v) is 9.99. The Morgan fingerprint density at radius 3 is 2.77 bits per heavy atom. The molecule has 1 aromatic heterocycles. The number of fused-ring (bicyclic) bond motifs is 2. The fourth-order valence-electron chi connectivity index (χ4n) is 4.80. The zero-order chi connectivity index (χ0) is 24.7. The number of nitrogen functional groups attached to an aromatic ring is 1. The Hall–Kier alpha value is -3.55. The molecule has 1 unspecified atom stereocenters. The monoisotopic (exact) mass is 506 g/mol. The highest BCUT2D eigenvalue weighted by Crippen LogP contribution is 2.43. The van der Waals surface area contributed by atoms with Gasteiger partial charge in [0.1, 0.15) is 0 Å². The molecular weight excluding hydrogens is 484 g/mol. The van der Waals surface area contributed by atoms with Gasteiger partial charge in [-0.15, -0.1) is 11.3 Å². The van der Waals surface area contributed by atoms with E-state index in [1.54, 1.807) is 29.5 Å². The molecule has 0 spiro atoms. The average molecular weight is 507 g/mol. The van der Waals surface area contributed by atoms with Gasteiger partial charge in [0, 0.05) is 40.1 Å². The van der Waals surface area contributed by atoms with Crippen molar-refractivity contribution in [1.29, 1.82) is 0 Å². The Morgan fingerprint density at radius 1 is 1.17 bits per heavy atom. The molecule has 178 valence electrons. The smallest absolute Gasteiger partial charge is 0.338 e. The number of methoxy groups -OCH3 is 1. The minimum absolute atomic E-state index is 0.0464. The molecule has 35 heavy (non-hydrogen) atoms. The molecule has 5 rings (SSSR count). The molecule has 0 bridgehead atoms. The van der Waals surface area contributed by atoms with Gasteiger partial charge < -0.3 is 20.5 Å². The third-order valence-corrected chi connectivity index (χ3v) is 7.66. The third kappa shape index (κ3) is 4.45. The highest BCUT2D eigenvalue weighted by molar-refractivity contribution is 7.17. The number of halogens is 1. The van der Waals surface area contributed by atoms with Crippen LogP contribution in [0.2, 0.25) is 5.02 Å². The van der Waals surface area contributed by atoms with E-state index < -0.39 is 11.9 Å². The first kappa shape index (κ1) is 23.2. The van der Waals surface area contributed by atoms with Gasteiger partial charge in [-0.2, -0.15) is 0 Å². The normalized spacial score (nSPS) is 14.8. The van der Waals surface area contributed by atoms with Crippen molar-refractivity contribution >= 4 is 56.3 Å². The third-order valence-electron chi connectivity index (χ3n) is 6.41. The molecule has 3 N–H and O–H groups in total. The number of nitrogens with zero attached hydrogens (tertiary/aromatic N) is 1. The van der Waals surface area contributed by atoms with Gasteiger partial charge in [-0.3, -0.25) is 4.79 Å². The number of hydrogen-bond donors (Lipinski definition) is 2. The number of hydrogen-bond acceptors (Lipinski definition) is 6. The van der Waals surface area contributed by atoms with Crippen LogP contribution >= 0.6 is 22.9 Å². The van der Waals surface area contributed by atoms with Crippen molar-refractivity contribution < 1.29 is 19.4 Å². The number of anilines is 2. The molecule has 8 heteroatoms. The zero-order valence-electron chi connectivity index (χ0n) is 19.0. The molecule has 0 saturated heterocycles. The molecule has 0 fully saturated rings. The number of thiophene rings is 1. The van der Waals surface area contributed by atoms with Crippen LogP contribution in [0.5, 0.6) is 0 Å². The van der Waals surface area contributed by atoms with Crippen LogP contribution in [0.1, 0.15) is 33.8 Å². The number of carbonyl (C=O) groups is 2. The van der Waals surface area contributed by atoms with Crippen LogP contribution in [0, 0.1) is 0 Å². The summed E-state index contributed by atoms with van der Waals surface area (Å²) in [6, 6.07) is 16.9. The number of nitrogens with two attached hydrogens (primary N) is 1. The first-order valence-corrected chi connectivity index (χ1v) is 12.3. The van der Waals surface area contributed by atoms with Gasteiger partial charge in [0.05, 0.1) is 19.1 Å². The predicted octanol–water partition coefficient (Wildman–Crippen LogP) is 6.17. The summed E-state index contributed by atoms with van der Waals surface area (Å²) in [5.74, 6) is -1.41. The number of ether oxygens (including phenoxy) is 1. The molecule has 0 saturated carbocycles. The van der Waals surface area contributed by atoms with E-state index in [1.165, 1.54) is 7.11 Å². The summed E-state index contributed by atoms with van der Waals surface area (Å²) in [6.07, 6.45) is 0.0464. The minimum atomic E-state index is -0.830. The zero-order valence-corrected chi connectivity index (χ0v) is 20.5.